The van der Waals surface area contributed by atoms with E-state index in [2.05, 4.69) is 0 Å². The van der Waals surface area contributed by atoms with E-state index in [-0.39, 0.29) is 6.61 Å². The highest BCUT2D eigenvalue weighted by atomic mass is 35.5. The maximum absolute atomic E-state index is 8.41. The average Bonchev–Trinajstić information content (AvgIpc) is 2.27. The predicted molar refractivity (Wildman–Crippen MR) is 58.3 cm³/mol. The molecule has 1 rings (SSSR count). The monoisotopic (exact) mass is 225 g/mol. The van der Waals surface area contributed by atoms with Gasteiger partial charge in [-0.3, -0.25) is 0 Å². The number of benzene rings is 1. The Labute approximate surface area is 94.2 Å². The molecule has 0 spiro atoms. The Morgan fingerprint density at radius 3 is 2.73 bits per heavy atom. The quantitative estimate of drug-likeness (QED) is 0.724. The fourth-order valence-corrected chi connectivity index (χ4v) is 1.30. The van der Waals surface area contributed by atoms with Crippen LogP contribution in [0.4, 0.5) is 0 Å². The molecule has 0 aliphatic carbocycles. The van der Waals surface area contributed by atoms with E-state index in [0.717, 1.165) is 5.56 Å². The first-order chi connectivity index (χ1) is 7.31. The summed E-state index contributed by atoms with van der Waals surface area (Å²) in [5.74, 6) is 1.64. The molecule has 0 radical (unpaired) electrons. The van der Waals surface area contributed by atoms with Gasteiger partial charge in [-0.15, -0.1) is 11.6 Å². The minimum Gasteiger partial charge on any atom is -0.490 e. The van der Waals surface area contributed by atoms with Crippen molar-refractivity contribution in [3.05, 3.63) is 23.8 Å². The van der Waals surface area contributed by atoms with Gasteiger partial charge in [0.15, 0.2) is 18.1 Å². The van der Waals surface area contributed by atoms with Gasteiger partial charge in [-0.05, 0) is 24.6 Å². The molecule has 0 aliphatic rings. The second kappa shape index (κ2) is 6.15. The number of hydrogen-bond acceptors (Lipinski definition) is 3. The summed E-state index contributed by atoms with van der Waals surface area (Å²) in [6.07, 6.45) is 0. The maximum atomic E-state index is 8.41. The first-order valence-corrected chi connectivity index (χ1v) is 5.16. The summed E-state index contributed by atoms with van der Waals surface area (Å²) < 4.78 is 10.6. The van der Waals surface area contributed by atoms with E-state index >= 15 is 0 Å². The van der Waals surface area contributed by atoms with Gasteiger partial charge in [0.25, 0.3) is 0 Å². The summed E-state index contributed by atoms with van der Waals surface area (Å²) in [7, 11) is 0. The lowest BCUT2D eigenvalue weighted by Crippen LogP contribution is -1.99. The average molecular weight is 226 g/mol. The largest absolute Gasteiger partial charge is 0.490 e. The van der Waals surface area contributed by atoms with E-state index in [9.17, 15) is 0 Å². The van der Waals surface area contributed by atoms with Crippen LogP contribution in [0.15, 0.2) is 18.2 Å². The second-order valence-corrected chi connectivity index (χ2v) is 3.06. The molecular formula is C11H12ClNO2. The molecule has 0 aliphatic heterocycles. The van der Waals surface area contributed by atoms with Crippen molar-refractivity contribution in [3.63, 3.8) is 0 Å². The highest BCUT2D eigenvalue weighted by Crippen LogP contribution is 2.28. The van der Waals surface area contributed by atoms with Crippen LogP contribution in [0, 0.1) is 11.3 Å². The lowest BCUT2D eigenvalue weighted by atomic mass is 10.2. The highest BCUT2D eigenvalue weighted by Gasteiger charge is 2.05. The van der Waals surface area contributed by atoms with Crippen LogP contribution in [0.5, 0.6) is 11.5 Å². The lowest BCUT2D eigenvalue weighted by Gasteiger charge is -2.10. The van der Waals surface area contributed by atoms with Gasteiger partial charge < -0.3 is 9.47 Å². The molecule has 80 valence electrons. The van der Waals surface area contributed by atoms with E-state index in [1.54, 1.807) is 6.07 Å². The topological polar surface area (TPSA) is 42.2 Å². The fraction of sp³-hybridized carbons (Fsp3) is 0.364. The molecule has 4 heteroatoms. The van der Waals surface area contributed by atoms with E-state index in [1.165, 1.54) is 0 Å². The van der Waals surface area contributed by atoms with Crippen molar-refractivity contribution in [2.75, 3.05) is 13.2 Å². The molecule has 0 N–H and O–H groups in total. The van der Waals surface area contributed by atoms with Crippen LogP contribution in [0.1, 0.15) is 12.5 Å². The van der Waals surface area contributed by atoms with Gasteiger partial charge in [-0.1, -0.05) is 6.07 Å². The van der Waals surface area contributed by atoms with Crippen molar-refractivity contribution in [2.24, 2.45) is 0 Å². The van der Waals surface area contributed by atoms with Gasteiger partial charge in [-0.25, -0.2) is 0 Å². The van der Waals surface area contributed by atoms with E-state index < -0.39 is 0 Å². The molecule has 0 saturated heterocycles. The lowest BCUT2D eigenvalue weighted by molar-refractivity contribution is 0.298. The van der Waals surface area contributed by atoms with Gasteiger partial charge in [0.2, 0.25) is 0 Å². The number of ether oxygens (including phenoxy) is 2. The van der Waals surface area contributed by atoms with Crippen LogP contribution < -0.4 is 9.47 Å². The number of hydrogen-bond donors (Lipinski definition) is 0. The van der Waals surface area contributed by atoms with Gasteiger partial charge in [0, 0.05) is 5.88 Å². The molecule has 0 amide bonds. The van der Waals surface area contributed by atoms with Crippen molar-refractivity contribution in [1.29, 1.82) is 5.26 Å². The minimum absolute atomic E-state index is 0.0142. The van der Waals surface area contributed by atoms with Crippen molar-refractivity contribution < 1.29 is 9.47 Å². The molecule has 15 heavy (non-hydrogen) atoms. The standard InChI is InChI=1S/C11H12ClNO2/c1-2-14-11-7-9(8-12)3-4-10(11)15-6-5-13/h3-4,7H,2,6,8H2,1H3. The van der Waals surface area contributed by atoms with Crippen LogP contribution in [0.25, 0.3) is 0 Å². The zero-order valence-corrected chi connectivity index (χ0v) is 9.25. The Hall–Kier alpha value is -1.40. The van der Waals surface area contributed by atoms with Crippen molar-refractivity contribution in [2.45, 2.75) is 12.8 Å². The zero-order chi connectivity index (χ0) is 11.1. The summed E-state index contributed by atoms with van der Waals surface area (Å²) in [4.78, 5) is 0. The van der Waals surface area contributed by atoms with Gasteiger partial charge in [0.1, 0.15) is 6.07 Å². The summed E-state index contributed by atoms with van der Waals surface area (Å²) in [5.41, 5.74) is 0.962. The van der Waals surface area contributed by atoms with Crippen molar-refractivity contribution >= 4 is 11.6 Å². The molecule has 0 fully saturated rings. The first-order valence-electron chi connectivity index (χ1n) is 4.63. The maximum Gasteiger partial charge on any atom is 0.174 e. The molecule has 0 unspecified atom stereocenters. The minimum atomic E-state index is 0.0142. The number of rotatable bonds is 5. The Morgan fingerprint density at radius 1 is 1.33 bits per heavy atom. The Kier molecular flexibility index (Phi) is 4.79. The van der Waals surface area contributed by atoms with Crippen molar-refractivity contribution in [1.82, 2.24) is 0 Å². The SMILES string of the molecule is CCOc1cc(CCl)ccc1OCC#N. The second-order valence-electron chi connectivity index (χ2n) is 2.79. The Bertz CT molecular complexity index is 360. The molecule has 3 nitrogen and oxygen atoms in total. The molecule has 0 heterocycles. The summed E-state index contributed by atoms with van der Waals surface area (Å²) >= 11 is 5.71. The Morgan fingerprint density at radius 2 is 2.13 bits per heavy atom. The van der Waals surface area contributed by atoms with Crippen LogP contribution in [-0.4, -0.2) is 13.2 Å². The summed E-state index contributed by atoms with van der Waals surface area (Å²) in [6, 6.07) is 7.35. The summed E-state index contributed by atoms with van der Waals surface area (Å²) in [6.45, 7) is 2.45. The molecule has 1 aromatic carbocycles. The molecule has 0 bridgehead atoms. The van der Waals surface area contributed by atoms with Gasteiger partial charge in [-0.2, -0.15) is 5.26 Å². The summed E-state index contributed by atoms with van der Waals surface area (Å²) in [5, 5.41) is 8.41. The molecule has 0 saturated carbocycles. The molecule has 0 atom stereocenters. The third-order valence-corrected chi connectivity index (χ3v) is 2.06. The van der Waals surface area contributed by atoms with E-state index in [4.69, 9.17) is 26.3 Å². The predicted octanol–water partition coefficient (Wildman–Crippen LogP) is 2.73. The van der Waals surface area contributed by atoms with Gasteiger partial charge in [0.05, 0.1) is 6.61 Å². The third-order valence-electron chi connectivity index (χ3n) is 1.75. The van der Waals surface area contributed by atoms with Crippen LogP contribution >= 0.6 is 11.6 Å². The van der Waals surface area contributed by atoms with E-state index in [0.29, 0.717) is 24.0 Å². The van der Waals surface area contributed by atoms with Crippen LogP contribution in [0.3, 0.4) is 0 Å². The zero-order valence-electron chi connectivity index (χ0n) is 8.50. The molecule has 0 aromatic heterocycles. The van der Waals surface area contributed by atoms with Crippen molar-refractivity contribution in [3.8, 4) is 17.6 Å². The molecule has 1 aromatic rings. The highest BCUT2D eigenvalue weighted by molar-refractivity contribution is 6.17. The number of nitrogens with zero attached hydrogens (tertiary/aromatic N) is 1. The number of halogens is 1. The van der Waals surface area contributed by atoms with E-state index in [1.807, 2.05) is 25.1 Å². The molecular weight excluding hydrogens is 214 g/mol. The smallest absolute Gasteiger partial charge is 0.174 e. The number of alkyl halides is 1. The number of nitriles is 1. The fourth-order valence-electron chi connectivity index (χ4n) is 1.13. The third kappa shape index (κ3) is 3.34. The van der Waals surface area contributed by atoms with Gasteiger partial charge >= 0.3 is 0 Å². The first kappa shape index (κ1) is 11.7. The normalized spacial score (nSPS) is 9.40. The van der Waals surface area contributed by atoms with Crippen LogP contribution in [0.2, 0.25) is 0 Å². The Balaban J connectivity index is 2.88. The van der Waals surface area contributed by atoms with Crippen LogP contribution in [-0.2, 0) is 5.88 Å².